The second kappa shape index (κ2) is 12.7. The van der Waals surface area contributed by atoms with Crippen molar-refractivity contribution in [2.75, 3.05) is 16.5 Å². The Morgan fingerprint density at radius 2 is 1.25 bits per heavy atom. The summed E-state index contributed by atoms with van der Waals surface area (Å²) in [5.41, 5.74) is 10.2. The second-order valence-corrected chi connectivity index (χ2v) is 15.5. The standard InChI is InChI=1S/C49H41N5O/c1-49(2,3)35-26-37(53-24-23-52(32-53)36-15-9-6-10-16-36)28-39(27-35)55-38-20-21-41-42-25-34(33-13-7-5-8-14-33)19-22-45(42)54(47(41)29-38)48-30-46-43(31-50-48)40-17-11-12-18-44(40)51(46)4/h5-31H,32H2,1-4H3. The fraction of sp³-hybridized carbons (Fsp3) is 0.122. The van der Waals surface area contributed by atoms with Crippen LogP contribution in [0.5, 0.6) is 11.5 Å². The quantitative estimate of drug-likeness (QED) is 0.172. The number of anilines is 2. The zero-order valence-corrected chi connectivity index (χ0v) is 31.4. The van der Waals surface area contributed by atoms with E-state index in [4.69, 9.17) is 9.72 Å². The van der Waals surface area contributed by atoms with Gasteiger partial charge in [-0.25, -0.2) is 4.98 Å². The molecule has 0 N–H and O–H groups in total. The predicted molar refractivity (Wildman–Crippen MR) is 229 cm³/mol. The fourth-order valence-electron chi connectivity index (χ4n) is 8.04. The molecule has 0 amide bonds. The van der Waals surface area contributed by atoms with Gasteiger partial charge in [-0.2, -0.15) is 0 Å². The number of nitrogens with zero attached hydrogens (tertiary/aromatic N) is 5. The third kappa shape index (κ3) is 5.69. The first-order valence-electron chi connectivity index (χ1n) is 18.9. The topological polar surface area (TPSA) is 38.5 Å². The van der Waals surface area contributed by atoms with Gasteiger partial charge in [-0.15, -0.1) is 0 Å². The minimum Gasteiger partial charge on any atom is -0.457 e. The summed E-state index contributed by atoms with van der Waals surface area (Å²) < 4.78 is 11.4. The van der Waals surface area contributed by atoms with Gasteiger partial charge in [0.05, 0.1) is 23.2 Å². The molecule has 0 saturated heterocycles. The van der Waals surface area contributed by atoms with E-state index in [1.807, 2.05) is 6.20 Å². The highest BCUT2D eigenvalue weighted by atomic mass is 16.5. The molecule has 0 unspecified atom stereocenters. The Hall–Kier alpha value is -6.79. The van der Waals surface area contributed by atoms with Gasteiger partial charge in [0, 0.05) is 82.3 Å². The lowest BCUT2D eigenvalue weighted by molar-refractivity contribution is 0.479. The lowest BCUT2D eigenvalue weighted by atomic mass is 9.86. The van der Waals surface area contributed by atoms with Crippen molar-refractivity contribution in [2.45, 2.75) is 26.2 Å². The molecule has 55 heavy (non-hydrogen) atoms. The summed E-state index contributed by atoms with van der Waals surface area (Å²) in [7, 11) is 2.13. The number of fused-ring (bicyclic) bond motifs is 6. The molecule has 3 aromatic heterocycles. The highest BCUT2D eigenvalue weighted by Crippen LogP contribution is 2.40. The van der Waals surface area contributed by atoms with Crippen molar-refractivity contribution in [3.63, 3.8) is 0 Å². The average molecular weight is 716 g/mol. The minimum absolute atomic E-state index is 0.0738. The van der Waals surface area contributed by atoms with Gasteiger partial charge in [-0.1, -0.05) is 93.6 Å². The molecule has 0 spiro atoms. The van der Waals surface area contributed by atoms with E-state index < -0.39 is 0 Å². The highest BCUT2D eigenvalue weighted by molar-refractivity contribution is 6.12. The first kappa shape index (κ1) is 32.8. The summed E-state index contributed by atoms with van der Waals surface area (Å²) in [6.45, 7) is 7.47. The molecule has 1 aliphatic heterocycles. The highest BCUT2D eigenvalue weighted by Gasteiger charge is 2.22. The fourth-order valence-corrected chi connectivity index (χ4v) is 8.04. The maximum absolute atomic E-state index is 6.84. The van der Waals surface area contributed by atoms with Crippen molar-refractivity contribution < 1.29 is 4.74 Å². The molecule has 4 heterocycles. The second-order valence-electron chi connectivity index (χ2n) is 15.5. The van der Waals surface area contributed by atoms with Gasteiger partial charge < -0.3 is 19.1 Å². The van der Waals surface area contributed by atoms with E-state index >= 15 is 0 Å². The van der Waals surface area contributed by atoms with Crippen LogP contribution in [0.2, 0.25) is 0 Å². The van der Waals surface area contributed by atoms with Crippen molar-refractivity contribution in [3.05, 3.63) is 170 Å². The summed E-state index contributed by atoms with van der Waals surface area (Å²) in [5.74, 6) is 2.44. The number of hydrogen-bond donors (Lipinski definition) is 0. The van der Waals surface area contributed by atoms with Crippen LogP contribution in [0.25, 0.3) is 60.6 Å². The van der Waals surface area contributed by atoms with Gasteiger partial charge in [-0.3, -0.25) is 4.57 Å². The van der Waals surface area contributed by atoms with Gasteiger partial charge >= 0.3 is 0 Å². The molecule has 0 aliphatic carbocycles. The van der Waals surface area contributed by atoms with E-state index in [9.17, 15) is 0 Å². The van der Waals surface area contributed by atoms with Gasteiger partial charge in [0.2, 0.25) is 0 Å². The van der Waals surface area contributed by atoms with Crippen molar-refractivity contribution in [2.24, 2.45) is 7.05 Å². The monoisotopic (exact) mass is 715 g/mol. The van der Waals surface area contributed by atoms with E-state index in [1.165, 1.54) is 38.7 Å². The van der Waals surface area contributed by atoms with Crippen LogP contribution >= 0.6 is 0 Å². The number of para-hydroxylation sites is 2. The molecule has 9 aromatic rings. The van der Waals surface area contributed by atoms with E-state index in [0.29, 0.717) is 0 Å². The zero-order valence-electron chi connectivity index (χ0n) is 31.4. The van der Waals surface area contributed by atoms with Crippen LogP contribution in [0, 0.1) is 0 Å². The van der Waals surface area contributed by atoms with Crippen LogP contribution < -0.4 is 14.5 Å². The number of rotatable bonds is 6. The number of pyridine rings is 1. The van der Waals surface area contributed by atoms with Gasteiger partial charge in [0.1, 0.15) is 17.3 Å². The number of hydrogen-bond acceptors (Lipinski definition) is 4. The molecular weight excluding hydrogens is 675 g/mol. The number of aryl methyl sites for hydroxylation is 1. The zero-order chi connectivity index (χ0) is 37.3. The molecule has 0 fully saturated rings. The molecule has 0 bridgehead atoms. The molecular formula is C49H41N5O. The third-order valence-corrected chi connectivity index (χ3v) is 11.0. The Kier molecular flexibility index (Phi) is 7.56. The Balaban J connectivity index is 1.10. The maximum Gasteiger partial charge on any atom is 0.139 e. The van der Waals surface area contributed by atoms with E-state index in [-0.39, 0.29) is 5.41 Å². The summed E-state index contributed by atoms with van der Waals surface area (Å²) >= 11 is 0. The first-order chi connectivity index (χ1) is 26.8. The van der Waals surface area contributed by atoms with Crippen LogP contribution in [-0.4, -0.2) is 20.8 Å². The van der Waals surface area contributed by atoms with Crippen LogP contribution in [0.4, 0.5) is 11.4 Å². The summed E-state index contributed by atoms with van der Waals surface area (Å²) in [5, 5.41) is 4.67. The minimum atomic E-state index is -0.0738. The Morgan fingerprint density at radius 3 is 2.05 bits per heavy atom. The van der Waals surface area contributed by atoms with Gasteiger partial charge in [-0.05, 0) is 76.7 Å². The summed E-state index contributed by atoms with van der Waals surface area (Å²) in [6, 6.07) is 51.6. The molecule has 10 rings (SSSR count). The Labute approximate surface area is 320 Å². The molecule has 6 nitrogen and oxygen atoms in total. The summed E-state index contributed by atoms with van der Waals surface area (Å²) in [6.07, 6.45) is 6.31. The molecule has 0 radical (unpaired) electrons. The lowest BCUT2D eigenvalue weighted by Gasteiger charge is -2.25. The van der Waals surface area contributed by atoms with Gasteiger partial charge in [0.25, 0.3) is 0 Å². The molecule has 0 saturated carbocycles. The van der Waals surface area contributed by atoms with Crippen LogP contribution in [0.3, 0.4) is 0 Å². The van der Waals surface area contributed by atoms with Crippen LogP contribution in [0.1, 0.15) is 26.3 Å². The molecule has 6 aromatic carbocycles. The number of aromatic nitrogens is 3. The largest absolute Gasteiger partial charge is 0.457 e. The average Bonchev–Trinajstić information content (AvgIpc) is 3.91. The van der Waals surface area contributed by atoms with Crippen molar-refractivity contribution in [1.82, 2.24) is 14.1 Å². The molecule has 1 aliphatic rings. The van der Waals surface area contributed by atoms with Crippen molar-refractivity contribution >= 4 is 55.0 Å². The Morgan fingerprint density at radius 1 is 0.527 bits per heavy atom. The normalized spacial score (nSPS) is 13.2. The molecule has 6 heteroatoms. The first-order valence-corrected chi connectivity index (χ1v) is 18.9. The van der Waals surface area contributed by atoms with Crippen LogP contribution in [-0.2, 0) is 12.5 Å². The van der Waals surface area contributed by atoms with Crippen LogP contribution in [0.15, 0.2) is 164 Å². The number of ether oxygens (including phenoxy) is 1. The van der Waals surface area contributed by atoms with E-state index in [2.05, 4.69) is 205 Å². The summed E-state index contributed by atoms with van der Waals surface area (Å²) in [4.78, 5) is 9.65. The maximum atomic E-state index is 6.84. The molecule has 0 atom stereocenters. The molecule has 268 valence electrons. The lowest BCUT2D eigenvalue weighted by Crippen LogP contribution is -2.25. The van der Waals surface area contributed by atoms with Crippen molar-refractivity contribution in [1.29, 1.82) is 0 Å². The van der Waals surface area contributed by atoms with Gasteiger partial charge in [0.15, 0.2) is 0 Å². The van der Waals surface area contributed by atoms with E-state index in [1.54, 1.807) is 0 Å². The third-order valence-electron chi connectivity index (χ3n) is 11.0. The predicted octanol–water partition coefficient (Wildman–Crippen LogP) is 12.3. The Bertz CT molecular complexity index is 2930. The van der Waals surface area contributed by atoms with Crippen molar-refractivity contribution in [3.8, 4) is 28.4 Å². The number of benzene rings is 6. The van der Waals surface area contributed by atoms with E-state index in [0.717, 1.165) is 57.0 Å². The smallest absolute Gasteiger partial charge is 0.139 e. The SMILES string of the molecule is Cn1c2ccccc2c2cnc(-n3c4ccc(-c5ccccc5)cc4c4ccc(Oc5cc(N6C=CN(c7ccccc7)C6)cc(C(C)(C)C)c5)cc43)cc21.